The number of carbonyl (C=O) groups is 1. The van der Waals surface area contributed by atoms with Gasteiger partial charge >= 0.3 is 6.09 Å². The summed E-state index contributed by atoms with van der Waals surface area (Å²) >= 11 is 0. The van der Waals surface area contributed by atoms with Crippen molar-refractivity contribution in [1.82, 2.24) is 10.3 Å². The van der Waals surface area contributed by atoms with Crippen LogP contribution in [0.25, 0.3) is 0 Å². The highest BCUT2D eigenvalue weighted by Gasteiger charge is 1.99. The molecule has 0 fully saturated rings. The van der Waals surface area contributed by atoms with Crippen LogP contribution >= 0.6 is 0 Å². The summed E-state index contributed by atoms with van der Waals surface area (Å²) in [5.74, 6) is 0.541. The Morgan fingerprint density at radius 3 is 3.14 bits per heavy atom. The van der Waals surface area contributed by atoms with Crippen molar-refractivity contribution >= 4 is 6.09 Å². The van der Waals surface area contributed by atoms with Crippen molar-refractivity contribution in [3.8, 4) is 5.88 Å². The lowest BCUT2D eigenvalue weighted by Gasteiger charge is -2.06. The second-order valence-corrected chi connectivity index (χ2v) is 2.71. The van der Waals surface area contributed by atoms with Gasteiger partial charge in [-0.05, 0) is 13.0 Å². The molecule has 0 unspecified atom stereocenters. The standard InChI is InChI=1S/C9H12N2O3/c1-7-3-2-4-10-8(7)14-6-5-11-9(12)13/h2-4,11H,5-6H2,1H3,(H,12,13). The molecule has 0 aliphatic heterocycles. The molecule has 0 saturated heterocycles. The molecule has 1 aromatic heterocycles. The normalized spacial score (nSPS) is 9.50. The first-order valence-electron chi connectivity index (χ1n) is 4.21. The van der Waals surface area contributed by atoms with Crippen LogP contribution < -0.4 is 10.1 Å². The van der Waals surface area contributed by atoms with Crippen LogP contribution in [0.4, 0.5) is 4.79 Å². The largest absolute Gasteiger partial charge is 0.476 e. The van der Waals surface area contributed by atoms with Gasteiger partial charge in [0.05, 0.1) is 6.54 Å². The lowest BCUT2D eigenvalue weighted by atomic mass is 10.3. The summed E-state index contributed by atoms with van der Waals surface area (Å²) in [6.45, 7) is 2.42. The van der Waals surface area contributed by atoms with E-state index in [0.29, 0.717) is 5.88 Å². The van der Waals surface area contributed by atoms with Gasteiger partial charge in [-0.2, -0.15) is 0 Å². The molecule has 0 spiro atoms. The minimum absolute atomic E-state index is 0.255. The minimum Gasteiger partial charge on any atom is -0.476 e. The van der Waals surface area contributed by atoms with E-state index in [9.17, 15) is 4.79 Å². The first-order valence-corrected chi connectivity index (χ1v) is 4.21. The zero-order chi connectivity index (χ0) is 10.4. The zero-order valence-electron chi connectivity index (χ0n) is 7.86. The number of ether oxygens (including phenoxy) is 1. The number of nitrogens with one attached hydrogen (secondary N) is 1. The summed E-state index contributed by atoms with van der Waals surface area (Å²) in [6, 6.07) is 3.70. The SMILES string of the molecule is Cc1cccnc1OCCNC(=O)O. The van der Waals surface area contributed by atoms with E-state index < -0.39 is 6.09 Å². The fourth-order valence-corrected chi connectivity index (χ4v) is 0.928. The average molecular weight is 196 g/mol. The van der Waals surface area contributed by atoms with Crippen LogP contribution in [0.3, 0.4) is 0 Å². The highest BCUT2D eigenvalue weighted by Crippen LogP contribution is 2.11. The zero-order valence-corrected chi connectivity index (χ0v) is 7.86. The molecule has 0 aliphatic rings. The number of aromatic nitrogens is 1. The number of nitrogens with zero attached hydrogens (tertiary/aromatic N) is 1. The summed E-state index contributed by atoms with van der Waals surface area (Å²) < 4.78 is 5.25. The number of carboxylic acid groups (broad SMARTS) is 1. The maximum absolute atomic E-state index is 10.1. The van der Waals surface area contributed by atoms with Crippen LogP contribution in [-0.4, -0.2) is 29.3 Å². The second-order valence-electron chi connectivity index (χ2n) is 2.71. The Morgan fingerprint density at radius 2 is 2.50 bits per heavy atom. The van der Waals surface area contributed by atoms with Gasteiger partial charge in [0.15, 0.2) is 0 Å². The van der Waals surface area contributed by atoms with Gasteiger partial charge in [-0.1, -0.05) is 6.07 Å². The van der Waals surface area contributed by atoms with Gasteiger partial charge in [0.1, 0.15) is 6.61 Å². The highest BCUT2D eigenvalue weighted by molar-refractivity contribution is 5.64. The third kappa shape index (κ3) is 3.30. The Kier molecular flexibility index (Phi) is 3.72. The molecule has 1 heterocycles. The number of hydrogen-bond donors (Lipinski definition) is 2. The summed E-state index contributed by atoms with van der Waals surface area (Å²) in [7, 11) is 0. The second kappa shape index (κ2) is 5.06. The number of pyridine rings is 1. The van der Waals surface area contributed by atoms with Crippen LogP contribution in [0.2, 0.25) is 0 Å². The molecular weight excluding hydrogens is 184 g/mol. The van der Waals surface area contributed by atoms with E-state index in [-0.39, 0.29) is 13.2 Å². The van der Waals surface area contributed by atoms with Gasteiger partial charge in [-0.3, -0.25) is 0 Å². The van der Waals surface area contributed by atoms with E-state index in [4.69, 9.17) is 9.84 Å². The molecule has 1 rings (SSSR count). The van der Waals surface area contributed by atoms with Crippen molar-refractivity contribution in [1.29, 1.82) is 0 Å². The van der Waals surface area contributed by atoms with E-state index in [1.54, 1.807) is 6.20 Å². The molecule has 2 N–H and O–H groups in total. The topological polar surface area (TPSA) is 71.5 Å². The maximum atomic E-state index is 10.1. The lowest BCUT2D eigenvalue weighted by molar-refractivity contribution is 0.190. The first kappa shape index (κ1) is 10.3. The molecule has 1 aromatic rings. The average Bonchev–Trinajstić information content (AvgIpc) is 2.15. The molecule has 0 atom stereocenters. The van der Waals surface area contributed by atoms with Crippen molar-refractivity contribution in [2.45, 2.75) is 6.92 Å². The Morgan fingerprint density at radius 1 is 1.71 bits per heavy atom. The Balaban J connectivity index is 2.31. The van der Waals surface area contributed by atoms with Crippen LogP contribution in [0.15, 0.2) is 18.3 Å². The van der Waals surface area contributed by atoms with Gasteiger partial charge in [-0.25, -0.2) is 9.78 Å². The highest BCUT2D eigenvalue weighted by atomic mass is 16.5. The monoisotopic (exact) mass is 196 g/mol. The molecule has 14 heavy (non-hydrogen) atoms. The minimum atomic E-state index is -1.05. The molecule has 5 nitrogen and oxygen atoms in total. The van der Waals surface area contributed by atoms with Gasteiger partial charge in [0.25, 0.3) is 0 Å². The van der Waals surface area contributed by atoms with E-state index in [1.807, 2.05) is 19.1 Å². The van der Waals surface area contributed by atoms with E-state index >= 15 is 0 Å². The first-order chi connectivity index (χ1) is 6.70. The molecular formula is C9H12N2O3. The molecule has 0 radical (unpaired) electrons. The van der Waals surface area contributed by atoms with Gasteiger partial charge < -0.3 is 15.2 Å². The lowest BCUT2D eigenvalue weighted by Crippen LogP contribution is -2.26. The molecule has 0 aromatic carbocycles. The van der Waals surface area contributed by atoms with Crippen LogP contribution in [0, 0.1) is 6.92 Å². The van der Waals surface area contributed by atoms with Crippen LogP contribution in [-0.2, 0) is 0 Å². The van der Waals surface area contributed by atoms with Crippen molar-refractivity contribution in [3.05, 3.63) is 23.9 Å². The quantitative estimate of drug-likeness (QED) is 0.706. The predicted molar refractivity (Wildman–Crippen MR) is 50.5 cm³/mol. The van der Waals surface area contributed by atoms with E-state index in [2.05, 4.69) is 10.3 Å². The third-order valence-electron chi connectivity index (χ3n) is 1.58. The molecule has 0 bridgehead atoms. The third-order valence-corrected chi connectivity index (χ3v) is 1.58. The van der Waals surface area contributed by atoms with Gasteiger partial charge in [0.2, 0.25) is 5.88 Å². The van der Waals surface area contributed by atoms with Gasteiger partial charge in [-0.15, -0.1) is 0 Å². The number of rotatable bonds is 4. The summed E-state index contributed by atoms with van der Waals surface area (Å²) in [5.41, 5.74) is 0.933. The number of amides is 1. The fraction of sp³-hybridized carbons (Fsp3) is 0.333. The predicted octanol–water partition coefficient (Wildman–Crippen LogP) is 1.04. The molecule has 1 amide bonds. The van der Waals surface area contributed by atoms with Crippen molar-refractivity contribution in [2.24, 2.45) is 0 Å². The van der Waals surface area contributed by atoms with E-state index in [1.165, 1.54) is 0 Å². The van der Waals surface area contributed by atoms with Gasteiger partial charge in [0, 0.05) is 11.8 Å². The molecule has 5 heteroatoms. The van der Waals surface area contributed by atoms with Crippen molar-refractivity contribution < 1.29 is 14.6 Å². The summed E-state index contributed by atoms with van der Waals surface area (Å²) in [6.07, 6.45) is 0.582. The van der Waals surface area contributed by atoms with Crippen molar-refractivity contribution in [2.75, 3.05) is 13.2 Å². The maximum Gasteiger partial charge on any atom is 0.404 e. The summed E-state index contributed by atoms with van der Waals surface area (Å²) in [5, 5.41) is 10.5. The molecule has 0 aliphatic carbocycles. The van der Waals surface area contributed by atoms with Crippen molar-refractivity contribution in [3.63, 3.8) is 0 Å². The van der Waals surface area contributed by atoms with E-state index in [0.717, 1.165) is 5.56 Å². The molecule has 76 valence electrons. The van der Waals surface area contributed by atoms with Crippen LogP contribution in [0.1, 0.15) is 5.56 Å². The Bertz CT molecular complexity index is 315. The van der Waals surface area contributed by atoms with Crippen LogP contribution in [0.5, 0.6) is 5.88 Å². The fourth-order valence-electron chi connectivity index (χ4n) is 0.928. The number of aryl methyl sites for hydroxylation is 1. The Labute approximate surface area is 81.7 Å². The number of hydrogen-bond acceptors (Lipinski definition) is 3. The Hall–Kier alpha value is -1.78. The summed E-state index contributed by atoms with van der Waals surface area (Å²) in [4.78, 5) is 14.1. The smallest absolute Gasteiger partial charge is 0.404 e. The molecule has 0 saturated carbocycles.